The maximum atomic E-state index is 4.79. The van der Waals surface area contributed by atoms with Crippen molar-refractivity contribution in [3.63, 3.8) is 0 Å². The molecular weight excluding hydrogens is 46.8 g/mol. The van der Waals surface area contributed by atoms with Crippen LogP contribution in [-0.4, -0.2) is 7.85 Å². The van der Waals surface area contributed by atoms with Gasteiger partial charge in [0.1, 0.15) is 0 Å². The summed E-state index contributed by atoms with van der Waals surface area (Å²) >= 11 is 0. The highest BCUT2D eigenvalue weighted by Gasteiger charge is 1.45. The second kappa shape index (κ2) is 2.62. The highest BCUT2D eigenvalue weighted by Crippen LogP contribution is 1.52. The lowest BCUT2D eigenvalue weighted by molar-refractivity contribution is 1.89. The van der Waals surface area contributed by atoms with E-state index < -0.39 is 0 Å². The average Bonchev–Trinajstić information content (AvgIpc) is 1.37. The normalized spacial score (nSPS) is 4.75. The summed E-state index contributed by atoms with van der Waals surface area (Å²) in [7, 11) is 4.79. The van der Waals surface area contributed by atoms with Gasteiger partial charge in [-0.05, 0) is 6.32 Å². The van der Waals surface area contributed by atoms with Gasteiger partial charge in [-0.3, -0.25) is 0 Å². The quantitative estimate of drug-likeness (QED) is 0.272. The lowest BCUT2D eigenvalue weighted by atomic mass is 10.1. The summed E-state index contributed by atoms with van der Waals surface area (Å²) in [4.78, 5) is 0. The van der Waals surface area contributed by atoms with E-state index in [2.05, 4.69) is 12.3 Å². The zero-order chi connectivity index (χ0) is 3.41. The van der Waals surface area contributed by atoms with Gasteiger partial charge in [0.15, 0.2) is 0 Å². The fraction of sp³-hybridized carbons (Fsp3) is 0.333. The van der Waals surface area contributed by atoms with Gasteiger partial charge in [0.25, 0.3) is 0 Å². The Kier molecular flexibility index (Phi) is 2.38. The molecule has 1 heteroatoms. The predicted octanol–water partition coefficient (Wildman–Crippen LogP) is 0.206. The Morgan fingerprint density at radius 3 is 2.25 bits per heavy atom. The van der Waals surface area contributed by atoms with E-state index in [0.717, 1.165) is 0 Å². The number of hydrogen-bond acceptors (Lipinski definition) is 0. The monoisotopic (exact) mass is 50.0 g/mol. The summed E-state index contributed by atoms with van der Waals surface area (Å²) in [6.45, 7) is 0. The molecule has 0 spiro atoms. The third-order valence-electron chi connectivity index (χ3n) is 0.118. The summed E-state index contributed by atoms with van der Waals surface area (Å²) in [5.74, 6) is 2.21. The third-order valence-corrected chi connectivity index (χ3v) is 0.118. The minimum Gasteiger partial charge on any atom is -0.121 e. The lowest BCUT2D eigenvalue weighted by Gasteiger charge is -1.52. The molecule has 2 radical (unpaired) electrons. The molecule has 0 unspecified atom stereocenters. The van der Waals surface area contributed by atoms with Crippen LogP contribution in [0.3, 0.4) is 0 Å². The van der Waals surface area contributed by atoms with Crippen LogP contribution in [-0.2, 0) is 0 Å². The van der Waals surface area contributed by atoms with E-state index in [9.17, 15) is 0 Å². The first kappa shape index (κ1) is 3.62. The second-order valence-electron chi connectivity index (χ2n) is 0.408. The summed E-state index contributed by atoms with van der Waals surface area (Å²) in [5, 5.41) is 0. The van der Waals surface area contributed by atoms with E-state index in [0.29, 0.717) is 6.32 Å². The van der Waals surface area contributed by atoms with Crippen LogP contribution >= 0.6 is 0 Å². The van der Waals surface area contributed by atoms with Crippen LogP contribution < -0.4 is 0 Å². The number of hydrogen-bond donors (Lipinski definition) is 0. The standard InChI is InChI=1S/C3H3B/c1-2-3-4/h1H,3H2. The number of rotatable bonds is 0. The van der Waals surface area contributed by atoms with E-state index in [1.165, 1.54) is 0 Å². The molecule has 0 N–H and O–H groups in total. The molecule has 0 saturated heterocycles. The lowest BCUT2D eigenvalue weighted by Crippen LogP contribution is -1.48. The van der Waals surface area contributed by atoms with Crippen LogP contribution in [0.2, 0.25) is 6.32 Å². The maximum absolute atomic E-state index is 4.79. The number of terminal acetylenes is 1. The van der Waals surface area contributed by atoms with Crippen molar-refractivity contribution in [2.45, 2.75) is 6.32 Å². The van der Waals surface area contributed by atoms with Gasteiger partial charge in [-0.25, -0.2) is 0 Å². The fourth-order valence-electron chi connectivity index (χ4n) is 0. The van der Waals surface area contributed by atoms with E-state index in [4.69, 9.17) is 7.85 Å². The van der Waals surface area contributed by atoms with E-state index in [1.807, 2.05) is 0 Å². The summed E-state index contributed by atoms with van der Waals surface area (Å²) in [5.41, 5.74) is 0. The van der Waals surface area contributed by atoms with Crippen LogP contribution in [0, 0.1) is 12.3 Å². The van der Waals surface area contributed by atoms with E-state index in [1.54, 1.807) is 0 Å². The van der Waals surface area contributed by atoms with Crippen molar-refractivity contribution < 1.29 is 0 Å². The molecule has 0 aliphatic heterocycles. The van der Waals surface area contributed by atoms with E-state index >= 15 is 0 Å². The Balaban J connectivity index is 2.43. The third kappa shape index (κ3) is 1.62. The Hall–Kier alpha value is -0.375. The van der Waals surface area contributed by atoms with Crippen molar-refractivity contribution in [1.82, 2.24) is 0 Å². The van der Waals surface area contributed by atoms with Crippen LogP contribution in [0.5, 0.6) is 0 Å². The highest BCUT2D eigenvalue weighted by molar-refractivity contribution is 6.10. The molecule has 0 saturated carbocycles. The molecule has 0 aromatic carbocycles. The second-order valence-corrected chi connectivity index (χ2v) is 0.408. The zero-order valence-corrected chi connectivity index (χ0v) is 2.36. The van der Waals surface area contributed by atoms with Crippen molar-refractivity contribution in [3.05, 3.63) is 0 Å². The Morgan fingerprint density at radius 2 is 2.25 bits per heavy atom. The minimum absolute atomic E-state index is 0.347. The van der Waals surface area contributed by atoms with Crippen LogP contribution in [0.4, 0.5) is 0 Å². The first-order valence-corrected chi connectivity index (χ1v) is 1.05. The molecule has 0 heterocycles. The molecule has 0 fully saturated rings. The largest absolute Gasteiger partial charge is 0.121 e. The van der Waals surface area contributed by atoms with Crippen molar-refractivity contribution in [3.8, 4) is 12.3 Å². The fourth-order valence-corrected chi connectivity index (χ4v) is 0. The van der Waals surface area contributed by atoms with Gasteiger partial charge < -0.3 is 0 Å². The Bertz CT molecular complexity index is 33.0. The topological polar surface area (TPSA) is 0 Å². The molecule has 0 aromatic heterocycles. The predicted molar refractivity (Wildman–Crippen MR) is 19.4 cm³/mol. The molecule has 0 aliphatic rings. The van der Waals surface area contributed by atoms with Crippen molar-refractivity contribution in [2.75, 3.05) is 0 Å². The Morgan fingerprint density at radius 1 is 2.00 bits per heavy atom. The first-order chi connectivity index (χ1) is 1.91. The maximum Gasteiger partial charge on any atom is 0.0827 e. The average molecular weight is 49.9 g/mol. The molecule has 0 atom stereocenters. The molecule has 0 bridgehead atoms. The zero-order valence-electron chi connectivity index (χ0n) is 2.36. The van der Waals surface area contributed by atoms with Crippen molar-refractivity contribution in [2.24, 2.45) is 0 Å². The van der Waals surface area contributed by atoms with Gasteiger partial charge in [-0.15, -0.1) is 12.3 Å². The van der Waals surface area contributed by atoms with Crippen molar-refractivity contribution in [1.29, 1.82) is 0 Å². The molecule has 0 nitrogen and oxygen atoms in total. The molecule has 4 heavy (non-hydrogen) atoms. The smallest absolute Gasteiger partial charge is 0.0827 e. The summed E-state index contributed by atoms with van der Waals surface area (Å²) < 4.78 is 0. The summed E-state index contributed by atoms with van der Waals surface area (Å²) in [6.07, 6.45) is 5.00. The van der Waals surface area contributed by atoms with Crippen LogP contribution in [0.15, 0.2) is 0 Å². The van der Waals surface area contributed by atoms with Gasteiger partial charge in [-0.2, -0.15) is 0 Å². The molecule has 0 amide bonds. The summed E-state index contributed by atoms with van der Waals surface area (Å²) in [6, 6.07) is 0. The van der Waals surface area contributed by atoms with Gasteiger partial charge in [0.05, 0.1) is 7.85 Å². The highest BCUT2D eigenvalue weighted by atomic mass is 13.3. The van der Waals surface area contributed by atoms with Gasteiger partial charge in [0, 0.05) is 0 Å². The molecule has 0 aromatic rings. The molecule has 18 valence electrons. The van der Waals surface area contributed by atoms with Crippen LogP contribution in [0.1, 0.15) is 0 Å². The van der Waals surface area contributed by atoms with Gasteiger partial charge in [0.2, 0.25) is 0 Å². The molecule has 0 aliphatic carbocycles. The van der Waals surface area contributed by atoms with Crippen LogP contribution in [0.25, 0.3) is 0 Å². The minimum atomic E-state index is 0.347. The SMILES string of the molecule is [B]CC#C. The Labute approximate surface area is 27.6 Å². The van der Waals surface area contributed by atoms with Gasteiger partial charge >= 0.3 is 0 Å². The van der Waals surface area contributed by atoms with E-state index in [-0.39, 0.29) is 0 Å². The molecule has 0 rings (SSSR count). The van der Waals surface area contributed by atoms with Gasteiger partial charge in [-0.1, -0.05) is 0 Å². The van der Waals surface area contributed by atoms with Crippen molar-refractivity contribution >= 4 is 7.85 Å². The molecular formula is C3H3B. The first-order valence-electron chi connectivity index (χ1n) is 1.05.